The van der Waals surface area contributed by atoms with Gasteiger partial charge < -0.3 is 15.0 Å². The number of aromatic nitrogens is 1. The molecule has 2 aliphatic heterocycles. The zero-order valence-corrected chi connectivity index (χ0v) is 20.1. The molecule has 2 aliphatic rings. The Hall–Kier alpha value is -2.20. The molecule has 2 N–H and O–H groups in total. The lowest BCUT2D eigenvalue weighted by Crippen LogP contribution is -2.47. The number of benzene rings is 1. The Morgan fingerprint density at radius 2 is 1.91 bits per heavy atom. The van der Waals surface area contributed by atoms with Crippen molar-refractivity contribution in [2.45, 2.75) is 31.8 Å². The maximum atomic E-state index is 11.9. The van der Waals surface area contributed by atoms with E-state index in [1.54, 1.807) is 13.0 Å². The minimum Gasteiger partial charge on any atom is -0.379 e. The number of nitrogens with one attached hydrogen (secondary N) is 2. The zero-order valence-electron chi connectivity index (χ0n) is 19.3. The highest BCUT2D eigenvalue weighted by molar-refractivity contribution is 7.92. The fraction of sp³-hybridized carbons (Fsp3) is 0.542. The van der Waals surface area contributed by atoms with Gasteiger partial charge >= 0.3 is 0 Å². The number of morpholine rings is 1. The second-order valence-electron chi connectivity index (χ2n) is 8.68. The van der Waals surface area contributed by atoms with Crippen molar-refractivity contribution in [1.29, 1.82) is 0 Å². The van der Waals surface area contributed by atoms with Gasteiger partial charge in [-0.05, 0) is 49.6 Å². The maximum absolute atomic E-state index is 11.9. The fourth-order valence-corrected chi connectivity index (χ4v) is 5.19. The summed E-state index contributed by atoms with van der Waals surface area (Å²) in [5.74, 6) is 0.0682. The number of pyridine rings is 1. The summed E-state index contributed by atoms with van der Waals surface area (Å²) in [7, 11) is -3.27. The Bertz CT molecular complexity index is 975. The van der Waals surface area contributed by atoms with Gasteiger partial charge in [0.2, 0.25) is 10.0 Å². The van der Waals surface area contributed by atoms with Gasteiger partial charge in [-0.15, -0.1) is 0 Å². The molecule has 0 radical (unpaired) electrons. The topological polar surface area (TPSA) is 86.8 Å². The van der Waals surface area contributed by atoms with E-state index < -0.39 is 10.0 Å². The summed E-state index contributed by atoms with van der Waals surface area (Å²) in [6, 6.07) is 12.6. The molecular formula is C24H35N5O3S. The molecule has 1 unspecified atom stereocenters. The summed E-state index contributed by atoms with van der Waals surface area (Å²) in [5, 5.41) is 3.81. The van der Waals surface area contributed by atoms with Crippen LogP contribution in [0.1, 0.15) is 31.4 Å². The molecule has 2 saturated heterocycles. The fourth-order valence-electron chi connectivity index (χ4n) is 4.56. The predicted octanol–water partition coefficient (Wildman–Crippen LogP) is 2.48. The molecular weight excluding hydrogens is 438 g/mol. The molecule has 1 aromatic carbocycles. The first-order valence-corrected chi connectivity index (χ1v) is 13.5. The summed E-state index contributed by atoms with van der Waals surface area (Å²) in [6.07, 6.45) is 5.90. The van der Waals surface area contributed by atoms with Crippen LogP contribution < -0.4 is 14.9 Å². The number of piperidine rings is 1. The molecule has 0 spiro atoms. The van der Waals surface area contributed by atoms with Gasteiger partial charge in [0.25, 0.3) is 0 Å². The van der Waals surface area contributed by atoms with E-state index in [0.29, 0.717) is 17.8 Å². The van der Waals surface area contributed by atoms with Crippen molar-refractivity contribution in [2.24, 2.45) is 0 Å². The van der Waals surface area contributed by atoms with Crippen molar-refractivity contribution in [3.05, 3.63) is 54.4 Å². The number of nitrogens with zero attached hydrogens (tertiary/aromatic N) is 3. The summed E-state index contributed by atoms with van der Waals surface area (Å²) in [6.45, 7) is 7.86. The van der Waals surface area contributed by atoms with Crippen LogP contribution in [0.15, 0.2) is 48.8 Å². The molecule has 0 aliphatic carbocycles. The van der Waals surface area contributed by atoms with Gasteiger partial charge in [-0.2, -0.15) is 0 Å². The minimum absolute atomic E-state index is 0.0682. The van der Waals surface area contributed by atoms with E-state index in [0.717, 1.165) is 64.5 Å². The van der Waals surface area contributed by atoms with Crippen LogP contribution in [0.5, 0.6) is 0 Å². The monoisotopic (exact) mass is 473 g/mol. The molecule has 0 saturated carbocycles. The molecule has 2 fully saturated rings. The third-order valence-corrected chi connectivity index (χ3v) is 7.82. The normalized spacial score (nSPS) is 19.4. The lowest BCUT2D eigenvalue weighted by atomic mass is 10.0. The van der Waals surface area contributed by atoms with Gasteiger partial charge in [-0.3, -0.25) is 14.6 Å². The molecule has 1 atom stereocenters. The number of hydrogen-bond acceptors (Lipinski definition) is 7. The molecule has 33 heavy (non-hydrogen) atoms. The van der Waals surface area contributed by atoms with Crippen molar-refractivity contribution in [3.63, 3.8) is 0 Å². The zero-order chi connectivity index (χ0) is 23.1. The van der Waals surface area contributed by atoms with Crippen molar-refractivity contribution < 1.29 is 13.2 Å². The summed E-state index contributed by atoms with van der Waals surface area (Å²) in [5.41, 5.74) is 2.93. The number of sulfonamides is 1. The molecule has 4 rings (SSSR count). The lowest BCUT2D eigenvalue weighted by Gasteiger charge is -2.38. The second kappa shape index (κ2) is 11.3. The van der Waals surface area contributed by atoms with Crippen LogP contribution in [-0.2, 0) is 14.8 Å². The van der Waals surface area contributed by atoms with E-state index in [-0.39, 0.29) is 5.75 Å². The number of ether oxygens (including phenoxy) is 1. The average Bonchev–Trinajstić information content (AvgIpc) is 2.86. The maximum Gasteiger partial charge on any atom is 0.232 e. The quantitative estimate of drug-likeness (QED) is 0.579. The van der Waals surface area contributed by atoms with E-state index in [2.05, 4.69) is 30.9 Å². The Balaban J connectivity index is 1.32. The highest BCUT2D eigenvalue weighted by Crippen LogP contribution is 2.25. The Kier molecular flexibility index (Phi) is 8.19. The van der Waals surface area contributed by atoms with Crippen molar-refractivity contribution >= 4 is 21.4 Å². The predicted molar refractivity (Wildman–Crippen MR) is 132 cm³/mol. The van der Waals surface area contributed by atoms with Crippen molar-refractivity contribution in [2.75, 3.05) is 61.3 Å². The van der Waals surface area contributed by atoms with Gasteiger partial charge in [0.05, 0.1) is 24.7 Å². The van der Waals surface area contributed by atoms with Crippen molar-refractivity contribution in [3.8, 4) is 0 Å². The standard InChI is InChI=1S/C24H35N5O3S/c1-2-33(30,31)27-22-6-3-7-23(17-22)28-11-8-21(9-12-28)26-19-24(20-5-4-10-25-18-20)29-13-15-32-16-14-29/h3-7,10,17-18,21,24,26-27H,2,8-9,11-16,19H2,1H3. The Morgan fingerprint density at radius 1 is 1.12 bits per heavy atom. The van der Waals surface area contributed by atoms with E-state index in [4.69, 9.17) is 4.74 Å². The summed E-state index contributed by atoms with van der Waals surface area (Å²) >= 11 is 0. The minimum atomic E-state index is -3.27. The van der Waals surface area contributed by atoms with Crippen LogP contribution in [0.3, 0.4) is 0 Å². The van der Waals surface area contributed by atoms with Crippen LogP contribution in [0.25, 0.3) is 0 Å². The van der Waals surface area contributed by atoms with Gasteiger partial charge in [0.15, 0.2) is 0 Å². The summed E-state index contributed by atoms with van der Waals surface area (Å²) < 4.78 is 32.0. The molecule has 0 bridgehead atoms. The lowest BCUT2D eigenvalue weighted by molar-refractivity contribution is 0.0154. The third kappa shape index (κ3) is 6.66. The molecule has 8 nitrogen and oxygen atoms in total. The SMILES string of the molecule is CCS(=O)(=O)Nc1cccc(N2CCC(NCC(c3cccnc3)N3CCOCC3)CC2)c1. The smallest absolute Gasteiger partial charge is 0.232 e. The first-order chi connectivity index (χ1) is 16.0. The van der Waals surface area contributed by atoms with Crippen LogP contribution in [0, 0.1) is 0 Å². The van der Waals surface area contributed by atoms with Crippen LogP contribution in [-0.4, -0.2) is 76.0 Å². The van der Waals surface area contributed by atoms with Gasteiger partial charge in [-0.1, -0.05) is 12.1 Å². The van der Waals surface area contributed by atoms with Crippen LogP contribution in [0.2, 0.25) is 0 Å². The molecule has 9 heteroatoms. The van der Waals surface area contributed by atoms with Gasteiger partial charge in [0, 0.05) is 62.9 Å². The first-order valence-electron chi connectivity index (χ1n) is 11.8. The molecule has 0 amide bonds. The number of anilines is 2. The largest absolute Gasteiger partial charge is 0.379 e. The van der Waals surface area contributed by atoms with E-state index in [1.807, 2.05) is 36.7 Å². The molecule has 3 heterocycles. The van der Waals surface area contributed by atoms with E-state index >= 15 is 0 Å². The third-order valence-electron chi connectivity index (χ3n) is 6.52. The van der Waals surface area contributed by atoms with Crippen molar-refractivity contribution in [1.82, 2.24) is 15.2 Å². The highest BCUT2D eigenvalue weighted by atomic mass is 32.2. The van der Waals surface area contributed by atoms with Crippen LogP contribution in [0.4, 0.5) is 11.4 Å². The molecule has 2 aromatic rings. The number of rotatable bonds is 9. The first kappa shape index (κ1) is 23.9. The highest BCUT2D eigenvalue weighted by Gasteiger charge is 2.25. The van der Waals surface area contributed by atoms with Gasteiger partial charge in [-0.25, -0.2) is 8.42 Å². The summed E-state index contributed by atoms with van der Waals surface area (Å²) in [4.78, 5) is 9.17. The molecule has 180 valence electrons. The second-order valence-corrected chi connectivity index (χ2v) is 10.7. The average molecular weight is 474 g/mol. The van der Waals surface area contributed by atoms with Crippen LogP contribution >= 0.6 is 0 Å². The molecule has 1 aromatic heterocycles. The Morgan fingerprint density at radius 3 is 2.61 bits per heavy atom. The van der Waals surface area contributed by atoms with E-state index in [1.165, 1.54) is 5.56 Å². The Labute approximate surface area is 197 Å². The van der Waals surface area contributed by atoms with E-state index in [9.17, 15) is 8.42 Å². The number of hydrogen-bond donors (Lipinski definition) is 2. The van der Waals surface area contributed by atoms with Gasteiger partial charge in [0.1, 0.15) is 0 Å².